The molecule has 0 saturated carbocycles. The Labute approximate surface area is 245 Å². The molecule has 0 radical (unpaired) electrons. The average Bonchev–Trinajstić information content (AvgIpc) is 3.59. The molecule has 4 aromatic rings. The van der Waals surface area contributed by atoms with Crippen molar-refractivity contribution in [3.05, 3.63) is 69.8 Å². The standard InChI is InChI=1S/C27H29ClFN9O4/c1-16-8-10-37(11-9-16)14-21-24(32-36-38(21)26-25(30)34-42-35-26)27(39)33-31-13-17-6-7-22(23(12-17)40-2)41-15-18-19(28)4-3-5-20(18)29/h3-7,12-13,16H,8-11,14-15H2,1-2H3,(H2,30,34)(H,33,39)/b31-13-. The summed E-state index contributed by atoms with van der Waals surface area (Å²) in [5.41, 5.74) is 9.78. The smallest absolute Gasteiger partial charge is 0.293 e. The van der Waals surface area contributed by atoms with Crippen molar-refractivity contribution in [3.63, 3.8) is 0 Å². The van der Waals surface area contributed by atoms with Crippen LogP contribution in [-0.2, 0) is 13.2 Å². The van der Waals surface area contributed by atoms with Gasteiger partial charge >= 0.3 is 0 Å². The molecule has 5 rings (SSSR count). The summed E-state index contributed by atoms with van der Waals surface area (Å²) in [6.45, 7) is 4.27. The Kier molecular flexibility index (Phi) is 8.93. The molecule has 42 heavy (non-hydrogen) atoms. The van der Waals surface area contributed by atoms with Gasteiger partial charge in [-0.15, -0.1) is 5.10 Å². The van der Waals surface area contributed by atoms with Crippen LogP contribution in [0.5, 0.6) is 11.5 Å². The SMILES string of the molecule is COc1cc(/C=N\NC(=O)c2nnn(-c3nonc3N)c2CN2CCC(C)CC2)ccc1OCc1c(F)cccc1Cl. The largest absolute Gasteiger partial charge is 0.493 e. The van der Waals surface area contributed by atoms with E-state index >= 15 is 0 Å². The molecule has 0 aliphatic carbocycles. The lowest BCUT2D eigenvalue weighted by Gasteiger charge is -2.30. The first-order valence-electron chi connectivity index (χ1n) is 13.2. The molecule has 1 saturated heterocycles. The van der Waals surface area contributed by atoms with Crippen molar-refractivity contribution in [1.29, 1.82) is 0 Å². The van der Waals surface area contributed by atoms with Crippen molar-refractivity contribution < 1.29 is 23.3 Å². The Morgan fingerprint density at radius 3 is 2.79 bits per heavy atom. The molecule has 1 aliphatic rings. The number of nitrogen functional groups attached to an aromatic ring is 1. The number of hydrogen-bond donors (Lipinski definition) is 2. The molecule has 2 aromatic carbocycles. The number of ether oxygens (including phenoxy) is 2. The first-order chi connectivity index (χ1) is 20.3. The number of nitrogens with two attached hydrogens (primary N) is 1. The summed E-state index contributed by atoms with van der Waals surface area (Å²) in [6, 6.07) is 9.44. The van der Waals surface area contributed by atoms with E-state index in [-0.39, 0.29) is 34.5 Å². The number of hydrogen-bond acceptors (Lipinski definition) is 11. The topological polar surface area (TPSA) is 159 Å². The van der Waals surface area contributed by atoms with Crippen LogP contribution in [0.4, 0.5) is 10.2 Å². The van der Waals surface area contributed by atoms with E-state index in [4.69, 9.17) is 31.4 Å². The summed E-state index contributed by atoms with van der Waals surface area (Å²) in [4.78, 5) is 15.4. The lowest BCUT2D eigenvalue weighted by molar-refractivity contribution is 0.0946. The zero-order valence-corrected chi connectivity index (χ0v) is 23.7. The number of nitrogens with one attached hydrogen (secondary N) is 1. The van der Waals surface area contributed by atoms with Gasteiger partial charge in [0.2, 0.25) is 11.6 Å². The van der Waals surface area contributed by atoms with Gasteiger partial charge in [0.15, 0.2) is 17.2 Å². The van der Waals surface area contributed by atoms with Crippen LogP contribution in [0.2, 0.25) is 5.02 Å². The highest BCUT2D eigenvalue weighted by Gasteiger charge is 2.27. The third-order valence-electron chi connectivity index (χ3n) is 6.93. The molecule has 3 N–H and O–H groups in total. The van der Waals surface area contributed by atoms with Crippen LogP contribution >= 0.6 is 11.6 Å². The minimum Gasteiger partial charge on any atom is -0.493 e. The summed E-state index contributed by atoms with van der Waals surface area (Å²) < 4.78 is 31.3. The van der Waals surface area contributed by atoms with Crippen molar-refractivity contribution in [2.75, 3.05) is 25.9 Å². The average molecular weight is 598 g/mol. The first-order valence-corrected chi connectivity index (χ1v) is 13.5. The molecule has 1 amide bonds. The van der Waals surface area contributed by atoms with E-state index in [2.05, 4.69) is 43.0 Å². The number of nitrogens with zero attached hydrogens (tertiary/aromatic N) is 7. The number of carbonyl (C=O) groups excluding carboxylic acids is 1. The molecular weight excluding hydrogens is 569 g/mol. The number of amides is 1. The third kappa shape index (κ3) is 6.50. The van der Waals surface area contributed by atoms with Gasteiger partial charge in [-0.25, -0.2) is 14.4 Å². The summed E-state index contributed by atoms with van der Waals surface area (Å²) >= 11 is 6.09. The number of benzene rings is 2. The number of likely N-dealkylation sites (tertiary alicyclic amines) is 1. The monoisotopic (exact) mass is 597 g/mol. The van der Waals surface area contributed by atoms with E-state index in [1.807, 2.05) is 0 Å². The number of piperidine rings is 1. The second-order valence-corrected chi connectivity index (χ2v) is 10.2. The van der Waals surface area contributed by atoms with Gasteiger partial charge in [-0.2, -0.15) is 9.78 Å². The van der Waals surface area contributed by atoms with Gasteiger partial charge < -0.3 is 15.2 Å². The number of aromatic nitrogens is 5. The van der Waals surface area contributed by atoms with Gasteiger partial charge in [0.25, 0.3) is 5.91 Å². The number of anilines is 1. The Balaban J connectivity index is 1.29. The van der Waals surface area contributed by atoms with Gasteiger partial charge in [0.05, 0.1) is 24.0 Å². The van der Waals surface area contributed by atoms with Gasteiger partial charge in [-0.1, -0.05) is 29.8 Å². The molecule has 3 heterocycles. The number of halogens is 2. The molecule has 0 atom stereocenters. The Morgan fingerprint density at radius 1 is 1.26 bits per heavy atom. The van der Waals surface area contributed by atoms with Gasteiger partial charge in [0, 0.05) is 12.1 Å². The lowest BCUT2D eigenvalue weighted by Crippen LogP contribution is -2.34. The summed E-state index contributed by atoms with van der Waals surface area (Å²) in [6.07, 6.45) is 3.53. The highest BCUT2D eigenvalue weighted by molar-refractivity contribution is 6.31. The first kappa shape index (κ1) is 29.0. The van der Waals surface area contributed by atoms with Crippen molar-refractivity contribution in [2.45, 2.75) is 32.9 Å². The lowest BCUT2D eigenvalue weighted by atomic mass is 9.99. The molecule has 0 unspecified atom stereocenters. The van der Waals surface area contributed by atoms with E-state index in [9.17, 15) is 9.18 Å². The molecule has 0 spiro atoms. The van der Waals surface area contributed by atoms with E-state index in [1.54, 1.807) is 24.3 Å². The minimum atomic E-state index is -0.568. The van der Waals surface area contributed by atoms with E-state index < -0.39 is 11.7 Å². The molecule has 15 heteroatoms. The molecule has 1 fully saturated rings. The fraction of sp³-hybridized carbons (Fsp3) is 0.333. The normalized spacial score (nSPS) is 14.4. The minimum absolute atomic E-state index is 0.0248. The van der Waals surface area contributed by atoms with E-state index in [0.717, 1.165) is 25.9 Å². The van der Waals surface area contributed by atoms with Crippen LogP contribution in [0.25, 0.3) is 5.82 Å². The van der Waals surface area contributed by atoms with Crippen LogP contribution in [0, 0.1) is 11.7 Å². The van der Waals surface area contributed by atoms with Crippen LogP contribution in [-0.4, -0.2) is 62.5 Å². The molecule has 13 nitrogen and oxygen atoms in total. The van der Waals surface area contributed by atoms with E-state index in [0.29, 0.717) is 35.2 Å². The molecule has 2 aromatic heterocycles. The van der Waals surface area contributed by atoms with Crippen LogP contribution in [0.15, 0.2) is 46.1 Å². The van der Waals surface area contributed by atoms with Gasteiger partial charge in [-0.05, 0) is 78.1 Å². The van der Waals surface area contributed by atoms with E-state index in [1.165, 1.54) is 30.1 Å². The number of carbonyl (C=O) groups is 1. The Bertz CT molecular complexity index is 1560. The van der Waals surface area contributed by atoms with Crippen molar-refractivity contribution in [3.8, 4) is 17.3 Å². The second-order valence-electron chi connectivity index (χ2n) is 9.83. The van der Waals surface area contributed by atoms with Crippen molar-refractivity contribution in [2.24, 2.45) is 11.0 Å². The second kappa shape index (κ2) is 13.0. The van der Waals surface area contributed by atoms with Crippen molar-refractivity contribution >= 4 is 29.5 Å². The molecule has 1 aliphatic heterocycles. The van der Waals surface area contributed by atoms with Crippen LogP contribution in [0.3, 0.4) is 0 Å². The van der Waals surface area contributed by atoms with Gasteiger partial charge in [0.1, 0.15) is 12.4 Å². The number of methoxy groups -OCH3 is 1. The maximum Gasteiger partial charge on any atom is 0.293 e. The highest BCUT2D eigenvalue weighted by atomic mass is 35.5. The zero-order valence-electron chi connectivity index (χ0n) is 23.0. The third-order valence-corrected chi connectivity index (χ3v) is 7.28. The fourth-order valence-electron chi connectivity index (χ4n) is 4.48. The maximum absolute atomic E-state index is 14.1. The number of hydrazone groups is 1. The molecule has 220 valence electrons. The summed E-state index contributed by atoms with van der Waals surface area (Å²) in [5.74, 6) is 0.554. The van der Waals surface area contributed by atoms with Crippen LogP contribution in [0.1, 0.15) is 47.1 Å². The Morgan fingerprint density at radius 2 is 2.07 bits per heavy atom. The Hall–Kier alpha value is -4.56. The fourth-order valence-corrected chi connectivity index (χ4v) is 4.70. The van der Waals surface area contributed by atoms with Crippen molar-refractivity contribution in [1.82, 2.24) is 35.6 Å². The van der Waals surface area contributed by atoms with Gasteiger partial charge in [-0.3, -0.25) is 9.69 Å². The summed E-state index contributed by atoms with van der Waals surface area (Å²) in [5, 5.41) is 19.9. The predicted octanol–water partition coefficient (Wildman–Crippen LogP) is 3.61. The molecule has 0 bridgehead atoms. The summed E-state index contributed by atoms with van der Waals surface area (Å²) in [7, 11) is 1.48. The number of rotatable bonds is 10. The molecular formula is C27H29ClFN9O4. The van der Waals surface area contributed by atoms with Crippen LogP contribution < -0.4 is 20.6 Å². The predicted molar refractivity (Wildman–Crippen MR) is 151 cm³/mol. The highest BCUT2D eigenvalue weighted by Crippen LogP contribution is 2.30. The zero-order chi connectivity index (χ0) is 29.6. The maximum atomic E-state index is 14.1. The quantitative estimate of drug-likeness (QED) is 0.204.